The van der Waals surface area contributed by atoms with Crippen LogP contribution < -0.4 is 0 Å². The van der Waals surface area contributed by atoms with Crippen LogP contribution in [0.4, 0.5) is 0 Å². The molecule has 3 rings (SSSR count). The highest BCUT2D eigenvalue weighted by Crippen LogP contribution is 2.47. The maximum atomic E-state index is 12.5. The van der Waals surface area contributed by atoms with Gasteiger partial charge in [-0.25, -0.2) is 8.42 Å². The van der Waals surface area contributed by atoms with Crippen molar-refractivity contribution in [2.75, 3.05) is 0 Å². The highest BCUT2D eigenvalue weighted by Gasteiger charge is 2.53. The second kappa shape index (κ2) is 4.47. The Bertz CT molecular complexity index is 668. The number of benzene rings is 2. The third-order valence-electron chi connectivity index (χ3n) is 3.50. The summed E-state index contributed by atoms with van der Waals surface area (Å²) in [6.45, 7) is 1.94. The van der Waals surface area contributed by atoms with Gasteiger partial charge in [-0.1, -0.05) is 48.5 Å². The van der Waals surface area contributed by atoms with Crippen molar-refractivity contribution in [3.8, 4) is 0 Å². The summed E-state index contributed by atoms with van der Waals surface area (Å²) in [5.74, 6) is 0. The zero-order valence-corrected chi connectivity index (χ0v) is 11.4. The van der Waals surface area contributed by atoms with E-state index in [1.54, 1.807) is 28.6 Å². The molecule has 3 nitrogen and oxygen atoms in total. The van der Waals surface area contributed by atoms with Crippen LogP contribution in [0, 0.1) is 0 Å². The molecule has 19 heavy (non-hydrogen) atoms. The van der Waals surface area contributed by atoms with Gasteiger partial charge in [-0.15, -0.1) is 0 Å². The summed E-state index contributed by atoms with van der Waals surface area (Å²) in [6, 6.07) is 18.3. The summed E-state index contributed by atoms with van der Waals surface area (Å²) >= 11 is 0. The normalized spacial score (nSPS) is 26.1. The molecule has 3 atom stereocenters. The third kappa shape index (κ3) is 2.07. The van der Waals surface area contributed by atoms with Crippen LogP contribution in [-0.2, 0) is 10.0 Å². The molecular weight excluding hydrogens is 258 g/mol. The van der Waals surface area contributed by atoms with E-state index < -0.39 is 10.0 Å². The first-order valence-electron chi connectivity index (χ1n) is 6.26. The Hall–Kier alpha value is -1.65. The Morgan fingerprint density at radius 2 is 1.42 bits per heavy atom. The molecule has 0 radical (unpaired) electrons. The summed E-state index contributed by atoms with van der Waals surface area (Å²) in [5.41, 5.74) is 1.05. The van der Waals surface area contributed by atoms with Gasteiger partial charge in [-0.3, -0.25) is 0 Å². The van der Waals surface area contributed by atoms with Crippen LogP contribution in [0.3, 0.4) is 0 Å². The van der Waals surface area contributed by atoms with E-state index in [0.717, 1.165) is 5.56 Å². The van der Waals surface area contributed by atoms with Crippen LogP contribution in [-0.4, -0.2) is 18.8 Å². The van der Waals surface area contributed by atoms with Gasteiger partial charge in [-0.05, 0) is 24.6 Å². The molecule has 4 heteroatoms. The zero-order valence-electron chi connectivity index (χ0n) is 10.6. The molecule has 0 saturated carbocycles. The van der Waals surface area contributed by atoms with E-state index in [-0.39, 0.29) is 12.1 Å². The third-order valence-corrected chi connectivity index (χ3v) is 5.49. The molecule has 1 fully saturated rings. The first-order valence-corrected chi connectivity index (χ1v) is 7.70. The van der Waals surface area contributed by atoms with Gasteiger partial charge < -0.3 is 0 Å². The first kappa shape index (κ1) is 12.4. The lowest BCUT2D eigenvalue weighted by Gasteiger charge is -2.06. The second-order valence-corrected chi connectivity index (χ2v) is 6.59. The molecule has 0 amide bonds. The van der Waals surface area contributed by atoms with E-state index >= 15 is 0 Å². The summed E-state index contributed by atoms with van der Waals surface area (Å²) in [5, 5.41) is 0. The summed E-state index contributed by atoms with van der Waals surface area (Å²) in [7, 11) is -3.38. The van der Waals surface area contributed by atoms with Gasteiger partial charge in [0, 0.05) is 6.04 Å². The van der Waals surface area contributed by atoms with E-state index in [2.05, 4.69) is 0 Å². The standard InChI is InChI=1S/C15H15NO2S/c1-12-15(13-8-4-2-5-9-13)16(12)19(17,18)14-10-6-3-7-11-14/h2-12,15H,1H3/t12-,15+,16?/m0/s1. The SMILES string of the molecule is C[C@H]1[C@H](c2ccccc2)N1S(=O)(=O)c1ccccc1. The predicted molar refractivity (Wildman–Crippen MR) is 74.1 cm³/mol. The van der Waals surface area contributed by atoms with Crippen LogP contribution in [0.2, 0.25) is 0 Å². The number of rotatable bonds is 3. The molecule has 0 aliphatic carbocycles. The van der Waals surface area contributed by atoms with E-state index in [4.69, 9.17) is 0 Å². The Morgan fingerprint density at radius 3 is 2.00 bits per heavy atom. The van der Waals surface area contributed by atoms with E-state index in [9.17, 15) is 8.42 Å². The van der Waals surface area contributed by atoms with Gasteiger partial charge in [0.15, 0.2) is 0 Å². The van der Waals surface area contributed by atoms with Gasteiger partial charge in [0.05, 0.1) is 10.9 Å². The second-order valence-electron chi connectivity index (χ2n) is 4.74. The van der Waals surface area contributed by atoms with Crippen molar-refractivity contribution in [3.63, 3.8) is 0 Å². The number of nitrogens with zero attached hydrogens (tertiary/aromatic N) is 1. The van der Waals surface area contributed by atoms with Crippen molar-refractivity contribution in [2.45, 2.75) is 23.9 Å². The van der Waals surface area contributed by atoms with E-state index in [1.807, 2.05) is 43.3 Å². The van der Waals surface area contributed by atoms with E-state index in [1.165, 1.54) is 0 Å². The molecular formula is C15H15NO2S. The molecule has 2 aromatic carbocycles. The number of sulfonamides is 1. The topological polar surface area (TPSA) is 37.1 Å². The van der Waals surface area contributed by atoms with Crippen molar-refractivity contribution in [1.82, 2.24) is 4.31 Å². The Kier molecular flexibility index (Phi) is 2.92. The minimum atomic E-state index is -3.38. The van der Waals surface area contributed by atoms with Gasteiger partial charge in [0.2, 0.25) is 10.0 Å². The molecule has 1 aliphatic heterocycles. The van der Waals surface area contributed by atoms with Crippen molar-refractivity contribution in [1.29, 1.82) is 0 Å². The van der Waals surface area contributed by atoms with Crippen LogP contribution in [0.25, 0.3) is 0 Å². The Balaban J connectivity index is 1.93. The van der Waals surface area contributed by atoms with Crippen molar-refractivity contribution < 1.29 is 8.42 Å². The highest BCUT2D eigenvalue weighted by atomic mass is 32.2. The summed E-state index contributed by atoms with van der Waals surface area (Å²) in [4.78, 5) is 0.361. The largest absolute Gasteiger partial charge is 0.243 e. The van der Waals surface area contributed by atoms with Crippen molar-refractivity contribution in [2.24, 2.45) is 0 Å². The number of hydrogen-bond acceptors (Lipinski definition) is 2. The average molecular weight is 273 g/mol. The van der Waals surface area contributed by atoms with Gasteiger partial charge in [0.25, 0.3) is 0 Å². The van der Waals surface area contributed by atoms with Crippen LogP contribution in [0.15, 0.2) is 65.6 Å². The molecule has 1 saturated heterocycles. The minimum absolute atomic E-state index is 0.0209. The molecule has 0 N–H and O–H groups in total. The fourth-order valence-corrected chi connectivity index (χ4v) is 4.32. The Labute approximate surface area is 113 Å². The lowest BCUT2D eigenvalue weighted by atomic mass is 10.1. The monoisotopic (exact) mass is 273 g/mol. The lowest BCUT2D eigenvalue weighted by Crippen LogP contribution is -2.14. The minimum Gasteiger partial charge on any atom is -0.207 e. The molecule has 1 aliphatic rings. The van der Waals surface area contributed by atoms with Crippen LogP contribution in [0.1, 0.15) is 18.5 Å². The maximum absolute atomic E-state index is 12.5. The fourth-order valence-electron chi connectivity index (χ4n) is 2.48. The van der Waals surface area contributed by atoms with Crippen molar-refractivity contribution >= 4 is 10.0 Å². The number of hydrogen-bond donors (Lipinski definition) is 0. The fraction of sp³-hybridized carbons (Fsp3) is 0.200. The smallest absolute Gasteiger partial charge is 0.207 e. The van der Waals surface area contributed by atoms with Crippen LogP contribution in [0.5, 0.6) is 0 Å². The average Bonchev–Trinajstić information content (AvgIpc) is 3.13. The summed E-state index contributed by atoms with van der Waals surface area (Å²) < 4.78 is 26.6. The zero-order chi connectivity index (χ0) is 13.5. The maximum Gasteiger partial charge on any atom is 0.243 e. The lowest BCUT2D eigenvalue weighted by molar-refractivity contribution is 0.548. The molecule has 2 aromatic rings. The van der Waals surface area contributed by atoms with Gasteiger partial charge in [-0.2, -0.15) is 4.31 Å². The quantitative estimate of drug-likeness (QED) is 0.806. The first-order chi connectivity index (χ1) is 9.12. The molecule has 0 aromatic heterocycles. The van der Waals surface area contributed by atoms with E-state index in [0.29, 0.717) is 4.90 Å². The molecule has 1 heterocycles. The highest BCUT2D eigenvalue weighted by molar-refractivity contribution is 7.89. The summed E-state index contributed by atoms with van der Waals surface area (Å²) in [6.07, 6.45) is 0. The molecule has 0 spiro atoms. The Morgan fingerprint density at radius 1 is 0.895 bits per heavy atom. The van der Waals surface area contributed by atoms with Gasteiger partial charge in [0.1, 0.15) is 0 Å². The van der Waals surface area contributed by atoms with Crippen molar-refractivity contribution in [3.05, 3.63) is 66.2 Å². The van der Waals surface area contributed by atoms with Crippen LogP contribution >= 0.6 is 0 Å². The molecule has 1 unspecified atom stereocenters. The van der Waals surface area contributed by atoms with Gasteiger partial charge >= 0.3 is 0 Å². The molecule has 98 valence electrons. The molecule has 0 bridgehead atoms. The predicted octanol–water partition coefficient (Wildman–Crippen LogP) is 2.82.